The van der Waals surface area contributed by atoms with E-state index in [-0.39, 0.29) is 5.75 Å². The first kappa shape index (κ1) is 12.3. The van der Waals surface area contributed by atoms with Crippen molar-refractivity contribution in [1.82, 2.24) is 9.55 Å². The summed E-state index contributed by atoms with van der Waals surface area (Å²) in [5, 5.41) is 0.904. The number of hydrogen-bond acceptors (Lipinski definition) is 2. The van der Waals surface area contributed by atoms with Crippen molar-refractivity contribution in [3.8, 4) is 11.4 Å². The fourth-order valence-corrected chi connectivity index (χ4v) is 2.84. The first-order valence-electron chi connectivity index (χ1n) is 6.63. The summed E-state index contributed by atoms with van der Waals surface area (Å²) in [6.07, 6.45) is 1.66. The summed E-state index contributed by atoms with van der Waals surface area (Å²) in [6, 6.07) is 7.78. The first-order chi connectivity index (χ1) is 9.97. The third kappa shape index (κ3) is 1.60. The lowest BCUT2D eigenvalue weighted by Gasteiger charge is -2.34. The van der Waals surface area contributed by atoms with Crippen LogP contribution in [0.25, 0.3) is 16.7 Å². The van der Waals surface area contributed by atoms with Crippen LogP contribution in [0.5, 0.6) is 5.75 Å². The lowest BCUT2D eigenvalue weighted by molar-refractivity contribution is 0.0868. The van der Waals surface area contributed by atoms with Gasteiger partial charge in [-0.05, 0) is 32.0 Å². The Bertz CT molecular complexity index is 883. The molecule has 0 atom stereocenters. The van der Waals surface area contributed by atoms with Crippen molar-refractivity contribution in [2.75, 3.05) is 0 Å². The van der Waals surface area contributed by atoms with E-state index in [2.05, 4.69) is 4.98 Å². The number of aromatic nitrogens is 2. The normalized spacial score (nSPS) is 15.4. The summed E-state index contributed by atoms with van der Waals surface area (Å²) in [7, 11) is 0. The molecule has 5 heteroatoms. The Morgan fingerprint density at radius 2 is 2.00 bits per heavy atom. The first-order valence-corrected chi connectivity index (χ1v) is 6.63. The van der Waals surface area contributed by atoms with E-state index in [4.69, 9.17) is 4.74 Å². The van der Waals surface area contributed by atoms with Gasteiger partial charge in [-0.25, -0.2) is 13.8 Å². The zero-order valence-electron chi connectivity index (χ0n) is 11.5. The van der Waals surface area contributed by atoms with Crippen LogP contribution in [-0.4, -0.2) is 9.55 Å². The SMILES string of the molecule is CC1(C)Oc2c(F)cc(F)cc2-n2c1cc1cccnc12. The summed E-state index contributed by atoms with van der Waals surface area (Å²) in [5.41, 5.74) is 1.09. The maximum Gasteiger partial charge on any atom is 0.180 e. The fourth-order valence-electron chi connectivity index (χ4n) is 2.84. The van der Waals surface area contributed by atoms with Gasteiger partial charge in [0.05, 0.1) is 11.4 Å². The zero-order chi connectivity index (χ0) is 14.8. The van der Waals surface area contributed by atoms with Gasteiger partial charge in [0.2, 0.25) is 0 Å². The summed E-state index contributed by atoms with van der Waals surface area (Å²) in [5.74, 6) is -1.29. The van der Waals surface area contributed by atoms with Crippen molar-refractivity contribution in [3.63, 3.8) is 0 Å². The van der Waals surface area contributed by atoms with Crippen LogP contribution in [0, 0.1) is 11.6 Å². The van der Waals surface area contributed by atoms with Crippen molar-refractivity contribution in [2.24, 2.45) is 0 Å². The second-order valence-corrected chi connectivity index (χ2v) is 5.63. The quantitative estimate of drug-likeness (QED) is 0.626. The third-order valence-corrected chi connectivity index (χ3v) is 3.77. The van der Waals surface area contributed by atoms with Crippen molar-refractivity contribution < 1.29 is 13.5 Å². The maximum atomic E-state index is 14.1. The standard InChI is InChI=1S/C16H12F2N2O/c1-16(2)13-6-9-4-3-5-19-15(9)20(13)12-8-10(17)7-11(18)14(12)21-16/h3-8H,1-2H3. The molecule has 0 bridgehead atoms. The van der Waals surface area contributed by atoms with E-state index < -0.39 is 17.2 Å². The number of benzene rings is 1. The third-order valence-electron chi connectivity index (χ3n) is 3.77. The Kier molecular flexibility index (Phi) is 2.24. The van der Waals surface area contributed by atoms with Crippen LogP contribution < -0.4 is 4.74 Å². The van der Waals surface area contributed by atoms with Gasteiger partial charge in [-0.3, -0.25) is 4.57 Å². The summed E-state index contributed by atoms with van der Waals surface area (Å²) in [6.45, 7) is 3.70. The van der Waals surface area contributed by atoms with Crippen LogP contribution in [0.4, 0.5) is 8.78 Å². The van der Waals surface area contributed by atoms with Crippen molar-refractivity contribution in [2.45, 2.75) is 19.4 Å². The molecule has 0 saturated heterocycles. The molecule has 2 aromatic heterocycles. The number of fused-ring (bicyclic) bond motifs is 5. The predicted octanol–water partition coefficient (Wildman–Crippen LogP) is 3.93. The molecule has 0 saturated carbocycles. The summed E-state index contributed by atoms with van der Waals surface area (Å²) >= 11 is 0. The molecule has 4 rings (SSSR count). The van der Waals surface area contributed by atoms with Crippen molar-refractivity contribution in [1.29, 1.82) is 0 Å². The molecule has 106 valence electrons. The van der Waals surface area contributed by atoms with Crippen LogP contribution in [-0.2, 0) is 5.60 Å². The number of rotatable bonds is 0. The van der Waals surface area contributed by atoms with Gasteiger partial charge in [0, 0.05) is 23.7 Å². The smallest absolute Gasteiger partial charge is 0.180 e. The van der Waals surface area contributed by atoms with Crippen molar-refractivity contribution >= 4 is 11.0 Å². The highest BCUT2D eigenvalue weighted by Crippen LogP contribution is 2.43. The van der Waals surface area contributed by atoms with E-state index in [1.807, 2.05) is 32.0 Å². The number of pyridine rings is 1. The highest BCUT2D eigenvalue weighted by Gasteiger charge is 2.36. The lowest BCUT2D eigenvalue weighted by atomic mass is 10.0. The molecule has 0 fully saturated rings. The molecule has 0 spiro atoms. The Morgan fingerprint density at radius 3 is 2.81 bits per heavy atom. The van der Waals surface area contributed by atoms with Crippen LogP contribution in [0.15, 0.2) is 36.5 Å². The highest BCUT2D eigenvalue weighted by atomic mass is 19.1. The zero-order valence-corrected chi connectivity index (χ0v) is 11.5. The maximum absolute atomic E-state index is 14.1. The predicted molar refractivity (Wildman–Crippen MR) is 74.6 cm³/mol. The summed E-state index contributed by atoms with van der Waals surface area (Å²) in [4.78, 5) is 4.34. The molecule has 1 aliphatic heterocycles. The molecular formula is C16H12F2N2O. The van der Waals surface area contributed by atoms with Crippen LogP contribution in [0.2, 0.25) is 0 Å². The number of hydrogen-bond donors (Lipinski definition) is 0. The molecule has 0 radical (unpaired) electrons. The van der Waals surface area contributed by atoms with E-state index >= 15 is 0 Å². The minimum Gasteiger partial charge on any atom is -0.476 e. The van der Waals surface area contributed by atoms with Crippen LogP contribution >= 0.6 is 0 Å². The fraction of sp³-hybridized carbons (Fsp3) is 0.188. The monoisotopic (exact) mass is 286 g/mol. The van der Waals surface area contributed by atoms with Gasteiger partial charge < -0.3 is 4.74 Å². The number of ether oxygens (including phenoxy) is 1. The average Bonchev–Trinajstić information content (AvgIpc) is 2.81. The Hall–Kier alpha value is -2.43. The minimum absolute atomic E-state index is 0.0528. The van der Waals surface area contributed by atoms with Gasteiger partial charge in [0.15, 0.2) is 11.6 Å². The van der Waals surface area contributed by atoms with Gasteiger partial charge in [-0.1, -0.05) is 0 Å². The number of nitrogens with zero attached hydrogens (tertiary/aromatic N) is 2. The Labute approximate surface area is 119 Å². The second kappa shape index (κ2) is 3.81. The molecule has 1 aliphatic rings. The molecule has 1 aromatic carbocycles. The minimum atomic E-state index is -0.730. The molecule has 3 aromatic rings. The molecular weight excluding hydrogens is 274 g/mol. The van der Waals surface area contributed by atoms with E-state index in [9.17, 15) is 8.78 Å². The van der Waals surface area contributed by atoms with E-state index in [1.54, 1.807) is 10.8 Å². The molecule has 3 nitrogen and oxygen atoms in total. The topological polar surface area (TPSA) is 27.1 Å². The molecule has 0 aliphatic carbocycles. The van der Waals surface area contributed by atoms with Crippen LogP contribution in [0.1, 0.15) is 19.5 Å². The van der Waals surface area contributed by atoms with Gasteiger partial charge in [0.1, 0.15) is 17.1 Å². The Balaban J connectivity index is 2.18. The average molecular weight is 286 g/mol. The van der Waals surface area contributed by atoms with Gasteiger partial charge in [0.25, 0.3) is 0 Å². The van der Waals surface area contributed by atoms with Gasteiger partial charge >= 0.3 is 0 Å². The van der Waals surface area contributed by atoms with E-state index in [0.29, 0.717) is 11.3 Å². The highest BCUT2D eigenvalue weighted by molar-refractivity contribution is 5.81. The van der Waals surface area contributed by atoms with Crippen molar-refractivity contribution in [3.05, 3.63) is 53.9 Å². The molecule has 0 unspecified atom stereocenters. The largest absolute Gasteiger partial charge is 0.476 e. The van der Waals surface area contributed by atoms with Gasteiger partial charge in [-0.2, -0.15) is 0 Å². The summed E-state index contributed by atoms with van der Waals surface area (Å²) < 4.78 is 35.2. The molecule has 0 amide bonds. The number of halogens is 2. The van der Waals surface area contributed by atoms with Gasteiger partial charge in [-0.15, -0.1) is 0 Å². The lowest BCUT2D eigenvalue weighted by Crippen LogP contribution is -2.33. The molecule has 3 heterocycles. The van der Waals surface area contributed by atoms with Crippen LogP contribution in [0.3, 0.4) is 0 Å². The second-order valence-electron chi connectivity index (χ2n) is 5.63. The Morgan fingerprint density at radius 1 is 1.19 bits per heavy atom. The van der Waals surface area contributed by atoms with E-state index in [1.165, 1.54) is 6.07 Å². The van der Waals surface area contributed by atoms with E-state index in [0.717, 1.165) is 17.1 Å². The molecule has 0 N–H and O–H groups in total. The molecule has 21 heavy (non-hydrogen) atoms.